The Balaban J connectivity index is 1.27. The van der Waals surface area contributed by atoms with Crippen molar-refractivity contribution in [1.82, 2.24) is 19.9 Å². The Bertz CT molecular complexity index is 1180. The van der Waals surface area contributed by atoms with Crippen LogP contribution < -0.4 is 10.1 Å². The van der Waals surface area contributed by atoms with Gasteiger partial charge in [-0.05, 0) is 36.6 Å². The van der Waals surface area contributed by atoms with Gasteiger partial charge in [-0.15, -0.1) is 0 Å². The number of pyridine rings is 2. The van der Waals surface area contributed by atoms with E-state index in [-0.39, 0.29) is 0 Å². The summed E-state index contributed by atoms with van der Waals surface area (Å²) in [7, 11) is 2.10. The molecule has 1 N–H and O–H groups in total. The summed E-state index contributed by atoms with van der Waals surface area (Å²) in [6.45, 7) is 2.29. The summed E-state index contributed by atoms with van der Waals surface area (Å²) >= 11 is 0. The fourth-order valence-corrected chi connectivity index (χ4v) is 4.78. The molecule has 5 heteroatoms. The summed E-state index contributed by atoms with van der Waals surface area (Å²) in [5.74, 6) is 0.729. The summed E-state index contributed by atoms with van der Waals surface area (Å²) in [4.78, 5) is 8.84. The highest BCUT2D eigenvalue weighted by Gasteiger charge is 2.49. The maximum atomic E-state index is 6.05. The summed E-state index contributed by atoms with van der Waals surface area (Å²) in [6.07, 6.45) is 8.32. The molecule has 2 aliphatic rings. The fourth-order valence-electron chi connectivity index (χ4n) is 4.78. The molecule has 1 saturated heterocycles. The zero-order chi connectivity index (χ0) is 18.7. The molecule has 0 unspecified atom stereocenters. The summed E-state index contributed by atoms with van der Waals surface area (Å²) in [5.41, 5.74) is 5.19. The molecule has 28 heavy (non-hydrogen) atoms. The van der Waals surface area contributed by atoms with Crippen LogP contribution in [0, 0.1) is 5.41 Å². The van der Waals surface area contributed by atoms with E-state index in [2.05, 4.69) is 57.2 Å². The molecule has 6 rings (SSSR count). The Kier molecular flexibility index (Phi) is 3.32. The number of aryl methyl sites for hydroxylation is 1. The molecule has 5 nitrogen and oxygen atoms in total. The van der Waals surface area contributed by atoms with E-state index in [0.717, 1.165) is 42.9 Å². The van der Waals surface area contributed by atoms with Crippen molar-refractivity contribution in [3.05, 3.63) is 55.0 Å². The van der Waals surface area contributed by atoms with Crippen LogP contribution in [-0.4, -0.2) is 33.7 Å². The maximum Gasteiger partial charge on any atom is 0.213 e. The number of rotatable bonds is 3. The van der Waals surface area contributed by atoms with E-state index in [1.165, 1.54) is 21.8 Å². The van der Waals surface area contributed by atoms with E-state index in [4.69, 9.17) is 4.74 Å². The minimum atomic E-state index is 0.321. The van der Waals surface area contributed by atoms with Gasteiger partial charge in [0.05, 0.1) is 5.52 Å². The summed E-state index contributed by atoms with van der Waals surface area (Å²) < 4.78 is 8.28. The van der Waals surface area contributed by atoms with Crippen LogP contribution in [0.2, 0.25) is 0 Å². The Hall–Kier alpha value is -2.92. The van der Waals surface area contributed by atoms with Gasteiger partial charge in [-0.3, -0.25) is 4.98 Å². The first-order chi connectivity index (χ1) is 13.7. The Morgan fingerprint density at radius 1 is 1.00 bits per heavy atom. The number of aromatic nitrogens is 3. The molecule has 1 spiro atoms. The van der Waals surface area contributed by atoms with Crippen molar-refractivity contribution in [3.63, 3.8) is 0 Å². The summed E-state index contributed by atoms with van der Waals surface area (Å²) in [5, 5.41) is 5.78. The van der Waals surface area contributed by atoms with Gasteiger partial charge in [0, 0.05) is 72.1 Å². The number of fused-ring (bicyclic) bond motifs is 3. The van der Waals surface area contributed by atoms with Gasteiger partial charge in [0.25, 0.3) is 0 Å². The lowest BCUT2D eigenvalue weighted by Crippen LogP contribution is -2.62. The first-order valence-corrected chi connectivity index (χ1v) is 9.87. The van der Waals surface area contributed by atoms with E-state index < -0.39 is 0 Å². The van der Waals surface area contributed by atoms with Gasteiger partial charge in [0.15, 0.2) is 0 Å². The largest absolute Gasteiger partial charge is 0.474 e. The summed E-state index contributed by atoms with van der Waals surface area (Å²) in [6, 6.07) is 12.7. The van der Waals surface area contributed by atoms with Gasteiger partial charge in [-0.1, -0.05) is 12.1 Å². The normalized spacial score (nSPS) is 18.3. The molecule has 0 amide bonds. The SMILES string of the molecule is Cn1c2ccncc2c2ccc(-c3ccc(OC4CC5(CNC5)C4)nc3)cc21. The monoisotopic (exact) mass is 370 g/mol. The van der Waals surface area contributed by atoms with E-state index >= 15 is 0 Å². The lowest BCUT2D eigenvalue weighted by molar-refractivity contribution is -0.0513. The average molecular weight is 370 g/mol. The zero-order valence-electron chi connectivity index (χ0n) is 15.9. The molecule has 0 atom stereocenters. The van der Waals surface area contributed by atoms with Crippen LogP contribution >= 0.6 is 0 Å². The molecule has 0 bridgehead atoms. The van der Waals surface area contributed by atoms with E-state index in [9.17, 15) is 0 Å². The zero-order valence-corrected chi connectivity index (χ0v) is 15.9. The van der Waals surface area contributed by atoms with Crippen molar-refractivity contribution >= 4 is 21.8 Å². The van der Waals surface area contributed by atoms with Crippen molar-refractivity contribution in [2.45, 2.75) is 18.9 Å². The van der Waals surface area contributed by atoms with Gasteiger partial charge in [-0.25, -0.2) is 4.98 Å². The molecule has 3 aromatic heterocycles. The second-order valence-corrected chi connectivity index (χ2v) is 8.32. The average Bonchev–Trinajstić information content (AvgIpc) is 2.96. The highest BCUT2D eigenvalue weighted by molar-refractivity contribution is 6.08. The highest BCUT2D eigenvalue weighted by atomic mass is 16.5. The van der Waals surface area contributed by atoms with E-state index in [1.54, 1.807) is 0 Å². The van der Waals surface area contributed by atoms with Crippen molar-refractivity contribution in [1.29, 1.82) is 0 Å². The van der Waals surface area contributed by atoms with Crippen LogP contribution in [0.15, 0.2) is 55.0 Å². The van der Waals surface area contributed by atoms with Crippen molar-refractivity contribution in [2.75, 3.05) is 13.1 Å². The quantitative estimate of drug-likeness (QED) is 0.594. The van der Waals surface area contributed by atoms with Crippen LogP contribution in [0.5, 0.6) is 5.88 Å². The molecule has 4 heterocycles. The lowest BCUT2D eigenvalue weighted by atomic mass is 9.63. The second-order valence-electron chi connectivity index (χ2n) is 8.32. The number of nitrogens with zero attached hydrogens (tertiary/aromatic N) is 3. The van der Waals surface area contributed by atoms with Crippen LogP contribution in [0.3, 0.4) is 0 Å². The molecule has 1 aromatic carbocycles. The standard InChI is InChI=1S/C23H22N4O/c1-27-20-6-7-24-12-19(20)18-4-2-15(8-21(18)27)16-3-5-22(26-11-16)28-17-9-23(10-17)13-25-14-23/h2-8,11-12,17,25H,9-10,13-14H2,1H3. The number of hydrogen-bond acceptors (Lipinski definition) is 4. The Morgan fingerprint density at radius 2 is 1.86 bits per heavy atom. The van der Waals surface area contributed by atoms with Crippen LogP contribution in [0.4, 0.5) is 0 Å². The molecule has 1 aliphatic heterocycles. The molecule has 2 fully saturated rings. The minimum absolute atomic E-state index is 0.321. The van der Waals surface area contributed by atoms with Crippen molar-refractivity contribution < 1.29 is 4.74 Å². The minimum Gasteiger partial charge on any atom is -0.474 e. The predicted molar refractivity (Wildman–Crippen MR) is 110 cm³/mol. The van der Waals surface area contributed by atoms with Crippen LogP contribution in [-0.2, 0) is 7.05 Å². The third-order valence-corrected chi connectivity index (χ3v) is 6.49. The predicted octanol–water partition coefficient (Wildman–Crippen LogP) is 3.92. The van der Waals surface area contributed by atoms with Crippen LogP contribution in [0.1, 0.15) is 12.8 Å². The van der Waals surface area contributed by atoms with Crippen molar-refractivity contribution in [2.24, 2.45) is 12.5 Å². The molecule has 1 aliphatic carbocycles. The maximum absolute atomic E-state index is 6.05. The topological polar surface area (TPSA) is 52.0 Å². The number of nitrogens with one attached hydrogen (secondary N) is 1. The van der Waals surface area contributed by atoms with E-state index in [0.29, 0.717) is 11.5 Å². The van der Waals surface area contributed by atoms with Gasteiger partial charge < -0.3 is 14.6 Å². The second kappa shape index (κ2) is 5.79. The molecule has 1 saturated carbocycles. The number of ether oxygens (including phenoxy) is 1. The van der Waals surface area contributed by atoms with Gasteiger partial charge in [0.2, 0.25) is 5.88 Å². The first-order valence-electron chi connectivity index (χ1n) is 9.87. The third kappa shape index (κ3) is 2.36. The number of hydrogen-bond donors (Lipinski definition) is 1. The molecule has 0 radical (unpaired) electrons. The first kappa shape index (κ1) is 16.1. The third-order valence-electron chi connectivity index (χ3n) is 6.49. The smallest absolute Gasteiger partial charge is 0.213 e. The fraction of sp³-hybridized carbons (Fsp3) is 0.304. The highest BCUT2D eigenvalue weighted by Crippen LogP contribution is 2.45. The molecule has 4 aromatic rings. The van der Waals surface area contributed by atoms with Crippen molar-refractivity contribution in [3.8, 4) is 17.0 Å². The Labute approximate surface area is 163 Å². The molecule has 140 valence electrons. The molecular weight excluding hydrogens is 348 g/mol. The molecular formula is C23H22N4O. The van der Waals surface area contributed by atoms with Gasteiger partial charge in [0.1, 0.15) is 6.10 Å². The van der Waals surface area contributed by atoms with Gasteiger partial charge >= 0.3 is 0 Å². The lowest BCUT2D eigenvalue weighted by Gasteiger charge is -2.53. The van der Waals surface area contributed by atoms with Crippen LogP contribution in [0.25, 0.3) is 32.9 Å². The van der Waals surface area contributed by atoms with E-state index in [1.807, 2.05) is 24.7 Å². The Morgan fingerprint density at radius 3 is 2.61 bits per heavy atom. The van der Waals surface area contributed by atoms with Gasteiger partial charge in [-0.2, -0.15) is 0 Å². The number of benzene rings is 1.